The van der Waals surface area contributed by atoms with Gasteiger partial charge in [-0.2, -0.15) is 4.98 Å². The van der Waals surface area contributed by atoms with Crippen LogP contribution < -0.4 is 16.8 Å². The molecule has 0 aliphatic heterocycles. The predicted molar refractivity (Wildman–Crippen MR) is 65.7 cm³/mol. The number of carbonyl (C=O) groups excluding carboxylic acids is 1. The molecule has 0 aromatic carbocycles. The molecule has 88 valence electrons. The Labute approximate surface area is 102 Å². The van der Waals surface area contributed by atoms with E-state index in [0.29, 0.717) is 16.4 Å². The number of hydrogen-bond donors (Lipinski definition) is 3. The molecule has 0 radical (unpaired) electrons. The number of rotatable bonds is 4. The van der Waals surface area contributed by atoms with Gasteiger partial charge in [0.15, 0.2) is 0 Å². The first-order chi connectivity index (χ1) is 7.28. The summed E-state index contributed by atoms with van der Waals surface area (Å²) in [4.78, 5) is 18.9. The molecule has 16 heavy (non-hydrogen) atoms. The molecule has 1 aromatic heterocycles. The summed E-state index contributed by atoms with van der Waals surface area (Å²) in [7, 11) is 0. The van der Waals surface area contributed by atoms with Gasteiger partial charge >= 0.3 is 0 Å². The Morgan fingerprint density at radius 3 is 2.69 bits per heavy atom. The third kappa shape index (κ3) is 4.01. The molecule has 5 N–H and O–H groups in total. The van der Waals surface area contributed by atoms with Gasteiger partial charge in [0.1, 0.15) is 10.4 Å². The van der Waals surface area contributed by atoms with E-state index in [9.17, 15) is 4.79 Å². The molecule has 0 saturated carbocycles. The molecule has 0 unspecified atom stereocenters. The molecule has 7 heteroatoms. The van der Waals surface area contributed by atoms with Crippen LogP contribution in [0.15, 0.2) is 10.7 Å². The number of nitrogen functional groups attached to an aromatic ring is 1. The largest absolute Gasteiger partial charge is 0.383 e. The predicted octanol–water partition coefficient (Wildman–Crippen LogP) is 0.887. The van der Waals surface area contributed by atoms with Crippen LogP contribution >= 0.6 is 15.9 Å². The van der Waals surface area contributed by atoms with Gasteiger partial charge in [0.2, 0.25) is 11.9 Å². The third-order valence-electron chi connectivity index (χ3n) is 1.78. The Morgan fingerprint density at radius 1 is 1.56 bits per heavy atom. The number of amides is 1. The highest BCUT2D eigenvalue weighted by molar-refractivity contribution is 9.10. The minimum Gasteiger partial charge on any atom is -0.383 e. The maximum absolute atomic E-state index is 10.8. The fourth-order valence-electron chi connectivity index (χ4n) is 1.27. The van der Waals surface area contributed by atoms with Crippen molar-refractivity contribution in [3.8, 4) is 0 Å². The van der Waals surface area contributed by atoms with Crippen LogP contribution in [0.25, 0.3) is 0 Å². The normalized spacial score (nSPS) is 11.2. The van der Waals surface area contributed by atoms with E-state index in [0.717, 1.165) is 0 Å². The fraction of sp³-hybridized carbons (Fsp3) is 0.444. The standard InChI is InChI=1S/C9H14BrN5O/c1-9(2,4-7(12)16)15-8-13-5(10)3-6(11)14-8/h3H,4H2,1-2H3,(H2,12,16)(H3,11,13,14,15). The van der Waals surface area contributed by atoms with Crippen molar-refractivity contribution in [2.24, 2.45) is 5.73 Å². The van der Waals surface area contributed by atoms with Gasteiger partial charge in [-0.05, 0) is 29.8 Å². The van der Waals surface area contributed by atoms with Crippen LogP contribution in [-0.2, 0) is 4.79 Å². The molecular formula is C9H14BrN5O. The average Bonchev–Trinajstić information content (AvgIpc) is 1.95. The van der Waals surface area contributed by atoms with Crippen LogP contribution in [0.2, 0.25) is 0 Å². The highest BCUT2D eigenvalue weighted by Crippen LogP contribution is 2.18. The maximum Gasteiger partial charge on any atom is 0.226 e. The Kier molecular flexibility index (Phi) is 3.69. The molecule has 0 saturated heterocycles. The molecule has 0 atom stereocenters. The lowest BCUT2D eigenvalue weighted by Crippen LogP contribution is -2.36. The van der Waals surface area contributed by atoms with Crippen LogP contribution in [0.1, 0.15) is 20.3 Å². The van der Waals surface area contributed by atoms with E-state index in [1.807, 2.05) is 13.8 Å². The van der Waals surface area contributed by atoms with E-state index in [-0.39, 0.29) is 12.3 Å². The molecule has 6 nitrogen and oxygen atoms in total. The zero-order chi connectivity index (χ0) is 12.3. The van der Waals surface area contributed by atoms with Crippen LogP contribution in [0.4, 0.5) is 11.8 Å². The first-order valence-electron chi connectivity index (χ1n) is 4.65. The Hall–Kier alpha value is -1.37. The van der Waals surface area contributed by atoms with E-state index in [1.165, 1.54) is 0 Å². The molecule has 1 amide bonds. The highest BCUT2D eigenvalue weighted by Gasteiger charge is 2.21. The summed E-state index contributed by atoms with van der Waals surface area (Å²) in [5.41, 5.74) is 10.2. The minimum atomic E-state index is -0.515. The van der Waals surface area contributed by atoms with E-state index in [4.69, 9.17) is 11.5 Å². The molecule has 1 heterocycles. The Morgan fingerprint density at radius 2 is 2.19 bits per heavy atom. The Bertz CT molecular complexity index is 387. The van der Waals surface area contributed by atoms with Gasteiger partial charge in [-0.1, -0.05) is 0 Å². The molecule has 1 rings (SSSR count). The number of primary amides is 1. The zero-order valence-corrected chi connectivity index (χ0v) is 10.7. The quantitative estimate of drug-likeness (QED) is 0.713. The van der Waals surface area contributed by atoms with Crippen molar-refractivity contribution in [2.45, 2.75) is 25.8 Å². The van der Waals surface area contributed by atoms with Crippen molar-refractivity contribution in [2.75, 3.05) is 11.1 Å². The summed E-state index contributed by atoms with van der Waals surface area (Å²) in [5, 5.41) is 3.00. The van der Waals surface area contributed by atoms with Crippen molar-refractivity contribution < 1.29 is 4.79 Å². The number of nitrogens with two attached hydrogens (primary N) is 2. The summed E-state index contributed by atoms with van der Waals surface area (Å²) in [6.07, 6.45) is 0.183. The van der Waals surface area contributed by atoms with Crippen LogP contribution in [0.5, 0.6) is 0 Å². The summed E-state index contributed by atoms with van der Waals surface area (Å²) < 4.78 is 0.581. The van der Waals surface area contributed by atoms with Crippen LogP contribution in [0.3, 0.4) is 0 Å². The number of carbonyl (C=O) groups is 1. The van der Waals surface area contributed by atoms with Crippen LogP contribution in [0, 0.1) is 0 Å². The molecule has 0 bridgehead atoms. The number of nitrogens with one attached hydrogen (secondary N) is 1. The van der Waals surface area contributed by atoms with Gasteiger partial charge in [0.25, 0.3) is 0 Å². The lowest BCUT2D eigenvalue weighted by Gasteiger charge is -2.24. The average molecular weight is 288 g/mol. The summed E-state index contributed by atoms with van der Waals surface area (Å²) in [6, 6.07) is 1.59. The maximum atomic E-state index is 10.8. The van der Waals surface area contributed by atoms with Crippen molar-refractivity contribution in [3.63, 3.8) is 0 Å². The van der Waals surface area contributed by atoms with Crippen LogP contribution in [-0.4, -0.2) is 21.4 Å². The van der Waals surface area contributed by atoms with Crippen molar-refractivity contribution in [3.05, 3.63) is 10.7 Å². The van der Waals surface area contributed by atoms with E-state index in [1.54, 1.807) is 6.07 Å². The lowest BCUT2D eigenvalue weighted by atomic mass is 10.0. The molecule has 0 aliphatic rings. The van der Waals surface area contributed by atoms with Gasteiger partial charge in [-0.3, -0.25) is 4.79 Å². The number of anilines is 2. The van der Waals surface area contributed by atoms with Gasteiger partial charge in [-0.15, -0.1) is 0 Å². The van der Waals surface area contributed by atoms with Gasteiger partial charge in [0, 0.05) is 18.0 Å². The SMILES string of the molecule is CC(C)(CC(N)=O)Nc1nc(N)cc(Br)n1. The second kappa shape index (κ2) is 4.65. The fourth-order valence-corrected chi connectivity index (χ4v) is 1.68. The first-order valence-corrected chi connectivity index (χ1v) is 5.44. The minimum absolute atomic E-state index is 0.183. The lowest BCUT2D eigenvalue weighted by molar-refractivity contribution is -0.118. The summed E-state index contributed by atoms with van der Waals surface area (Å²) in [6.45, 7) is 3.66. The topological polar surface area (TPSA) is 107 Å². The van der Waals surface area contributed by atoms with Gasteiger partial charge in [-0.25, -0.2) is 4.98 Å². The first kappa shape index (κ1) is 12.7. The molecular weight excluding hydrogens is 274 g/mol. The van der Waals surface area contributed by atoms with E-state index >= 15 is 0 Å². The van der Waals surface area contributed by atoms with Gasteiger partial charge < -0.3 is 16.8 Å². The smallest absolute Gasteiger partial charge is 0.226 e. The molecule has 1 aromatic rings. The number of aromatic nitrogens is 2. The molecule has 0 fully saturated rings. The zero-order valence-electron chi connectivity index (χ0n) is 9.12. The highest BCUT2D eigenvalue weighted by atomic mass is 79.9. The Balaban J connectivity index is 2.83. The number of nitrogens with zero attached hydrogens (tertiary/aromatic N) is 2. The second-order valence-corrected chi connectivity index (χ2v) is 4.90. The summed E-state index contributed by atoms with van der Waals surface area (Å²) in [5.74, 6) is 0.317. The van der Waals surface area contributed by atoms with Gasteiger partial charge in [0.05, 0.1) is 0 Å². The van der Waals surface area contributed by atoms with Crippen molar-refractivity contribution in [1.82, 2.24) is 9.97 Å². The number of halogens is 1. The van der Waals surface area contributed by atoms with Crippen molar-refractivity contribution >= 4 is 33.6 Å². The van der Waals surface area contributed by atoms with E-state index < -0.39 is 5.54 Å². The molecule has 0 aliphatic carbocycles. The monoisotopic (exact) mass is 287 g/mol. The van der Waals surface area contributed by atoms with Crippen molar-refractivity contribution in [1.29, 1.82) is 0 Å². The second-order valence-electron chi connectivity index (χ2n) is 4.09. The van der Waals surface area contributed by atoms with E-state index in [2.05, 4.69) is 31.2 Å². The summed E-state index contributed by atoms with van der Waals surface area (Å²) >= 11 is 3.21. The molecule has 0 spiro atoms. The third-order valence-corrected chi connectivity index (χ3v) is 2.19. The number of hydrogen-bond acceptors (Lipinski definition) is 5.